The number of rotatable bonds is 4. The van der Waals surface area contributed by atoms with Gasteiger partial charge in [-0.25, -0.2) is 0 Å². The molecular weight excluding hydrogens is 328 g/mol. The van der Waals surface area contributed by atoms with E-state index >= 15 is 0 Å². The third-order valence-electron chi connectivity index (χ3n) is 3.34. The number of carbonyl (C=O) groups is 2. The van der Waals surface area contributed by atoms with Crippen molar-refractivity contribution in [1.82, 2.24) is 5.32 Å². The molecule has 1 aromatic heterocycles. The second-order valence-electron chi connectivity index (χ2n) is 4.90. The van der Waals surface area contributed by atoms with Crippen molar-refractivity contribution in [3.63, 3.8) is 0 Å². The van der Waals surface area contributed by atoms with Crippen molar-refractivity contribution in [2.75, 3.05) is 11.5 Å². The first kappa shape index (κ1) is 15.9. The molecule has 1 N–H and O–H groups in total. The second kappa shape index (κ2) is 6.67. The van der Waals surface area contributed by atoms with Crippen LogP contribution >= 0.6 is 12.2 Å². The maximum Gasteiger partial charge on any atom is 0.270 e. The largest absolute Gasteiger partial charge is 0.494 e. The standard InChI is InChI=1S/C17H14N2O4S/c1-2-22-12-7-5-11(6-8-12)19-16(21)14(15(20)18-17(19)24)10-13-4-3-9-23-13/h3-10H,2H2,1H3,(H,18,20,24)/b14-10+. The van der Waals surface area contributed by atoms with Crippen LogP contribution in [0, 0.1) is 0 Å². The number of ether oxygens (including phenoxy) is 1. The highest BCUT2D eigenvalue weighted by Gasteiger charge is 2.34. The van der Waals surface area contributed by atoms with E-state index in [-0.39, 0.29) is 10.7 Å². The van der Waals surface area contributed by atoms with Gasteiger partial charge < -0.3 is 9.15 Å². The molecule has 1 fully saturated rings. The lowest BCUT2D eigenvalue weighted by molar-refractivity contribution is -0.122. The fourth-order valence-electron chi connectivity index (χ4n) is 2.27. The molecule has 2 amide bonds. The Kier molecular flexibility index (Phi) is 4.43. The Morgan fingerprint density at radius 2 is 2.00 bits per heavy atom. The summed E-state index contributed by atoms with van der Waals surface area (Å²) < 4.78 is 10.5. The van der Waals surface area contributed by atoms with E-state index in [2.05, 4.69) is 5.32 Å². The Hall–Kier alpha value is -2.93. The summed E-state index contributed by atoms with van der Waals surface area (Å²) in [4.78, 5) is 26.1. The van der Waals surface area contributed by atoms with Crippen LogP contribution in [0.3, 0.4) is 0 Å². The highest BCUT2D eigenvalue weighted by atomic mass is 32.1. The van der Waals surface area contributed by atoms with Gasteiger partial charge in [-0.2, -0.15) is 0 Å². The van der Waals surface area contributed by atoms with Gasteiger partial charge >= 0.3 is 0 Å². The molecule has 6 nitrogen and oxygen atoms in total. The molecule has 24 heavy (non-hydrogen) atoms. The third kappa shape index (κ3) is 3.07. The van der Waals surface area contributed by atoms with Crippen LogP contribution in [0.15, 0.2) is 52.7 Å². The third-order valence-corrected chi connectivity index (χ3v) is 3.62. The highest BCUT2D eigenvalue weighted by Crippen LogP contribution is 2.24. The number of furan rings is 1. The molecule has 0 spiro atoms. The van der Waals surface area contributed by atoms with Crippen LogP contribution in [0.4, 0.5) is 5.69 Å². The van der Waals surface area contributed by atoms with Crippen molar-refractivity contribution in [2.45, 2.75) is 6.92 Å². The average molecular weight is 342 g/mol. The molecule has 1 aliphatic heterocycles. The van der Waals surface area contributed by atoms with Gasteiger partial charge in [0.05, 0.1) is 18.6 Å². The molecular formula is C17H14N2O4S. The van der Waals surface area contributed by atoms with Gasteiger partial charge in [-0.05, 0) is 61.6 Å². The SMILES string of the molecule is CCOc1ccc(N2C(=O)/C(=C/c3ccco3)C(=O)NC2=S)cc1. The van der Waals surface area contributed by atoms with E-state index in [0.717, 1.165) is 0 Å². The highest BCUT2D eigenvalue weighted by molar-refractivity contribution is 7.80. The van der Waals surface area contributed by atoms with Crippen LogP contribution in [-0.4, -0.2) is 23.5 Å². The van der Waals surface area contributed by atoms with Crippen molar-refractivity contribution in [2.24, 2.45) is 0 Å². The van der Waals surface area contributed by atoms with Crippen LogP contribution in [0.25, 0.3) is 6.08 Å². The Morgan fingerprint density at radius 1 is 1.25 bits per heavy atom. The Morgan fingerprint density at radius 3 is 2.62 bits per heavy atom. The van der Waals surface area contributed by atoms with Crippen LogP contribution in [0.5, 0.6) is 5.75 Å². The summed E-state index contributed by atoms with van der Waals surface area (Å²) in [5.41, 5.74) is 0.492. The summed E-state index contributed by atoms with van der Waals surface area (Å²) in [6, 6.07) is 10.2. The number of benzene rings is 1. The lowest BCUT2D eigenvalue weighted by Gasteiger charge is -2.28. The molecule has 2 aromatic rings. The van der Waals surface area contributed by atoms with Gasteiger partial charge in [0.1, 0.15) is 17.1 Å². The van der Waals surface area contributed by atoms with E-state index < -0.39 is 11.8 Å². The van der Waals surface area contributed by atoms with E-state index in [1.807, 2.05) is 6.92 Å². The van der Waals surface area contributed by atoms with Crippen molar-refractivity contribution < 1.29 is 18.7 Å². The molecule has 0 radical (unpaired) electrons. The second-order valence-corrected chi connectivity index (χ2v) is 5.29. The van der Waals surface area contributed by atoms with Gasteiger partial charge in [0.15, 0.2) is 5.11 Å². The molecule has 3 rings (SSSR count). The van der Waals surface area contributed by atoms with Gasteiger partial charge in [0.25, 0.3) is 11.8 Å². The maximum absolute atomic E-state index is 12.7. The minimum absolute atomic E-state index is 0.0331. The van der Waals surface area contributed by atoms with Crippen LogP contribution in [-0.2, 0) is 9.59 Å². The van der Waals surface area contributed by atoms with Gasteiger partial charge in [0.2, 0.25) is 0 Å². The van der Waals surface area contributed by atoms with Crippen molar-refractivity contribution in [3.05, 3.63) is 54.0 Å². The minimum atomic E-state index is -0.552. The predicted molar refractivity (Wildman–Crippen MR) is 92.5 cm³/mol. The topological polar surface area (TPSA) is 71.8 Å². The van der Waals surface area contributed by atoms with Gasteiger partial charge in [-0.15, -0.1) is 0 Å². The molecule has 122 valence electrons. The fourth-order valence-corrected chi connectivity index (χ4v) is 2.55. The Bertz CT molecular complexity index is 810. The first-order chi connectivity index (χ1) is 11.6. The zero-order valence-corrected chi connectivity index (χ0v) is 13.6. The number of hydrogen-bond donors (Lipinski definition) is 1. The van der Waals surface area contributed by atoms with Crippen LogP contribution in [0.2, 0.25) is 0 Å². The number of hydrogen-bond acceptors (Lipinski definition) is 5. The molecule has 1 aliphatic rings. The van der Waals surface area contributed by atoms with Crippen molar-refractivity contribution in [3.8, 4) is 5.75 Å². The quantitative estimate of drug-likeness (QED) is 0.525. The Labute approximate surface area is 143 Å². The summed E-state index contributed by atoms with van der Waals surface area (Å²) in [6.07, 6.45) is 2.85. The first-order valence-corrected chi connectivity index (χ1v) is 7.69. The average Bonchev–Trinajstić information content (AvgIpc) is 3.06. The van der Waals surface area contributed by atoms with Crippen LogP contribution in [0.1, 0.15) is 12.7 Å². The molecule has 1 saturated heterocycles. The normalized spacial score (nSPS) is 16.5. The molecule has 0 unspecified atom stereocenters. The van der Waals surface area contributed by atoms with Crippen molar-refractivity contribution in [1.29, 1.82) is 0 Å². The molecule has 0 atom stereocenters. The summed E-state index contributed by atoms with van der Waals surface area (Å²) in [7, 11) is 0. The molecule has 2 heterocycles. The summed E-state index contributed by atoms with van der Waals surface area (Å²) in [5, 5.41) is 2.55. The number of carbonyl (C=O) groups excluding carboxylic acids is 2. The Balaban J connectivity index is 1.93. The summed E-state index contributed by atoms with van der Waals surface area (Å²) >= 11 is 5.14. The smallest absolute Gasteiger partial charge is 0.270 e. The molecule has 1 aromatic carbocycles. The predicted octanol–water partition coefficient (Wildman–Crippen LogP) is 2.51. The number of amides is 2. The first-order valence-electron chi connectivity index (χ1n) is 7.28. The fraction of sp³-hybridized carbons (Fsp3) is 0.118. The monoisotopic (exact) mass is 342 g/mol. The molecule has 0 aliphatic carbocycles. The van der Waals surface area contributed by atoms with E-state index in [4.69, 9.17) is 21.4 Å². The van der Waals surface area contributed by atoms with Gasteiger partial charge in [0, 0.05) is 0 Å². The van der Waals surface area contributed by atoms with Crippen molar-refractivity contribution >= 4 is 40.9 Å². The van der Waals surface area contributed by atoms with E-state index in [9.17, 15) is 9.59 Å². The van der Waals surface area contributed by atoms with Gasteiger partial charge in [-0.1, -0.05) is 0 Å². The molecule has 0 bridgehead atoms. The molecule has 0 saturated carbocycles. The van der Waals surface area contributed by atoms with E-state index in [0.29, 0.717) is 23.8 Å². The van der Waals surface area contributed by atoms with Gasteiger partial charge in [-0.3, -0.25) is 19.8 Å². The number of nitrogens with one attached hydrogen (secondary N) is 1. The lowest BCUT2D eigenvalue weighted by atomic mass is 10.1. The van der Waals surface area contributed by atoms with Crippen LogP contribution < -0.4 is 15.0 Å². The van der Waals surface area contributed by atoms with E-state index in [1.54, 1.807) is 36.4 Å². The van der Waals surface area contributed by atoms with E-state index in [1.165, 1.54) is 17.2 Å². The maximum atomic E-state index is 12.7. The lowest BCUT2D eigenvalue weighted by Crippen LogP contribution is -2.54. The molecule has 7 heteroatoms. The zero-order chi connectivity index (χ0) is 17.1. The zero-order valence-electron chi connectivity index (χ0n) is 12.8. The number of nitrogens with zero attached hydrogens (tertiary/aromatic N) is 1. The summed E-state index contributed by atoms with van der Waals surface area (Å²) in [5.74, 6) is 0.0351. The minimum Gasteiger partial charge on any atom is -0.494 e. The number of thiocarbonyl (C=S) groups is 1. The summed E-state index contributed by atoms with van der Waals surface area (Å²) in [6.45, 7) is 2.44. The number of anilines is 1.